The van der Waals surface area contributed by atoms with Crippen LogP contribution in [0.3, 0.4) is 0 Å². The fraction of sp³-hybridized carbons (Fsp3) is 0.267. The van der Waals surface area contributed by atoms with Crippen molar-refractivity contribution in [2.45, 2.75) is 26.8 Å². The summed E-state index contributed by atoms with van der Waals surface area (Å²) in [6.45, 7) is 4.08. The van der Waals surface area contributed by atoms with Crippen molar-refractivity contribution in [2.24, 2.45) is 0 Å². The number of nitriles is 1. The number of hydrogen-bond donors (Lipinski definition) is 0. The molecule has 0 aliphatic carbocycles. The minimum Gasteiger partial charge on any atom is -0.297 e. The molecule has 23 heavy (non-hydrogen) atoms. The van der Waals surface area contributed by atoms with E-state index in [1.165, 1.54) is 22.2 Å². The van der Waals surface area contributed by atoms with Crippen molar-refractivity contribution in [1.82, 2.24) is 19.7 Å². The van der Waals surface area contributed by atoms with Gasteiger partial charge in [0.2, 0.25) is 0 Å². The van der Waals surface area contributed by atoms with Gasteiger partial charge in [0.15, 0.2) is 5.78 Å². The number of nitrogens with zero attached hydrogens (tertiary/aromatic N) is 5. The monoisotopic (exact) mass is 343 g/mol. The van der Waals surface area contributed by atoms with E-state index in [1.807, 2.05) is 25.3 Å². The first-order valence-electron chi connectivity index (χ1n) is 6.88. The maximum Gasteiger partial charge on any atom is 0.161 e. The van der Waals surface area contributed by atoms with Crippen LogP contribution in [0.1, 0.15) is 21.3 Å². The summed E-state index contributed by atoms with van der Waals surface area (Å²) in [5, 5.41) is 16.5. The van der Waals surface area contributed by atoms with Crippen LogP contribution >= 0.6 is 22.7 Å². The van der Waals surface area contributed by atoms with Gasteiger partial charge < -0.3 is 0 Å². The number of Topliss-reactive ketones (excluding diaryl/α,β-unsaturated/α-hetero) is 1. The minimum atomic E-state index is 0.00990. The molecule has 0 saturated carbocycles. The molecular weight excluding hydrogens is 330 g/mol. The zero-order valence-corrected chi connectivity index (χ0v) is 14.2. The van der Waals surface area contributed by atoms with Crippen LogP contribution in [0.5, 0.6) is 0 Å². The molecule has 0 aliphatic heterocycles. The number of aromatic nitrogens is 4. The second-order valence-corrected chi connectivity index (χ2v) is 7.17. The topological polar surface area (TPSA) is 84.5 Å². The van der Waals surface area contributed by atoms with Crippen LogP contribution in [0.2, 0.25) is 0 Å². The molecule has 0 spiro atoms. The van der Waals surface area contributed by atoms with E-state index in [9.17, 15) is 4.79 Å². The molecule has 116 valence electrons. The van der Waals surface area contributed by atoms with Crippen LogP contribution in [0.15, 0.2) is 17.8 Å². The van der Waals surface area contributed by atoms with Gasteiger partial charge in [-0.25, -0.2) is 9.97 Å². The number of carbonyl (C=O) groups is 1. The standard InChI is InChI=1S/C15H13N5OS2/c1-9-15(23-10(2)18-9)13-8-22-14(19-13)3-12(21)7-20-6-11(4-16)5-17-20/h5-6,8H,3,7H2,1-2H3. The first kappa shape index (κ1) is 15.5. The number of thiazole rings is 2. The summed E-state index contributed by atoms with van der Waals surface area (Å²) >= 11 is 3.09. The van der Waals surface area contributed by atoms with E-state index in [0.29, 0.717) is 5.56 Å². The first-order chi connectivity index (χ1) is 11.0. The van der Waals surface area contributed by atoms with Crippen molar-refractivity contribution < 1.29 is 4.79 Å². The van der Waals surface area contributed by atoms with E-state index in [0.717, 1.165) is 26.3 Å². The van der Waals surface area contributed by atoms with Gasteiger partial charge in [-0.2, -0.15) is 10.4 Å². The molecule has 3 rings (SSSR count). The molecule has 6 nitrogen and oxygen atoms in total. The first-order valence-corrected chi connectivity index (χ1v) is 8.58. The normalized spacial score (nSPS) is 10.7. The molecule has 3 aromatic heterocycles. The molecule has 0 amide bonds. The van der Waals surface area contributed by atoms with Gasteiger partial charge in [-0.05, 0) is 13.8 Å². The van der Waals surface area contributed by atoms with Crippen molar-refractivity contribution in [3.63, 3.8) is 0 Å². The van der Waals surface area contributed by atoms with Crippen LogP contribution in [-0.2, 0) is 17.8 Å². The summed E-state index contributed by atoms with van der Waals surface area (Å²) in [6, 6.07) is 1.99. The van der Waals surface area contributed by atoms with Gasteiger partial charge >= 0.3 is 0 Å². The van der Waals surface area contributed by atoms with Gasteiger partial charge in [-0.3, -0.25) is 9.48 Å². The summed E-state index contributed by atoms with van der Waals surface area (Å²) in [5.41, 5.74) is 2.30. The summed E-state index contributed by atoms with van der Waals surface area (Å²) in [4.78, 5) is 22.1. The highest BCUT2D eigenvalue weighted by atomic mass is 32.1. The van der Waals surface area contributed by atoms with Crippen LogP contribution in [0.4, 0.5) is 0 Å². The largest absolute Gasteiger partial charge is 0.297 e. The molecule has 3 heterocycles. The van der Waals surface area contributed by atoms with Crippen molar-refractivity contribution in [1.29, 1.82) is 5.26 Å². The number of hydrogen-bond acceptors (Lipinski definition) is 7. The van der Waals surface area contributed by atoms with E-state index >= 15 is 0 Å². The number of ketones is 1. The molecule has 8 heteroatoms. The second-order valence-electron chi connectivity index (χ2n) is 5.03. The second kappa shape index (κ2) is 6.40. The van der Waals surface area contributed by atoms with E-state index in [1.54, 1.807) is 17.5 Å². The third-order valence-corrected chi connectivity index (χ3v) is 5.08. The molecule has 0 fully saturated rings. The fourth-order valence-electron chi connectivity index (χ4n) is 2.18. The highest BCUT2D eigenvalue weighted by Crippen LogP contribution is 2.30. The lowest BCUT2D eigenvalue weighted by molar-refractivity contribution is -0.119. The predicted molar refractivity (Wildman–Crippen MR) is 88.3 cm³/mol. The fourth-order valence-corrected chi connectivity index (χ4v) is 3.95. The van der Waals surface area contributed by atoms with Crippen LogP contribution < -0.4 is 0 Å². The molecule has 0 bridgehead atoms. The average molecular weight is 343 g/mol. The number of aryl methyl sites for hydroxylation is 2. The van der Waals surface area contributed by atoms with Crippen LogP contribution in [0, 0.1) is 25.2 Å². The van der Waals surface area contributed by atoms with E-state index in [-0.39, 0.29) is 18.7 Å². The highest BCUT2D eigenvalue weighted by Gasteiger charge is 2.14. The van der Waals surface area contributed by atoms with Crippen molar-refractivity contribution >= 4 is 28.5 Å². The molecule has 0 N–H and O–H groups in total. The van der Waals surface area contributed by atoms with E-state index in [4.69, 9.17) is 5.26 Å². The molecule has 3 aromatic rings. The van der Waals surface area contributed by atoms with Crippen LogP contribution in [-0.4, -0.2) is 25.5 Å². The van der Waals surface area contributed by atoms with E-state index in [2.05, 4.69) is 15.1 Å². The Labute approximate surface area is 141 Å². The molecule has 0 radical (unpaired) electrons. The highest BCUT2D eigenvalue weighted by molar-refractivity contribution is 7.16. The van der Waals surface area contributed by atoms with Gasteiger partial charge in [0, 0.05) is 11.6 Å². The molecule has 0 saturated heterocycles. The minimum absolute atomic E-state index is 0.00990. The van der Waals surface area contributed by atoms with Gasteiger partial charge in [-0.1, -0.05) is 0 Å². The SMILES string of the molecule is Cc1nc(C)c(-c2csc(CC(=O)Cn3cc(C#N)cn3)n2)s1. The zero-order valence-electron chi connectivity index (χ0n) is 12.6. The molecule has 0 atom stereocenters. The lowest BCUT2D eigenvalue weighted by Gasteiger charge is -1.98. The van der Waals surface area contributed by atoms with Crippen molar-refractivity contribution in [3.8, 4) is 16.6 Å². The van der Waals surface area contributed by atoms with Crippen LogP contribution in [0.25, 0.3) is 10.6 Å². The molecular formula is C15H13N5OS2. The Hall–Kier alpha value is -2.37. The zero-order chi connectivity index (χ0) is 16.4. The molecule has 0 aromatic carbocycles. The lowest BCUT2D eigenvalue weighted by atomic mass is 10.3. The van der Waals surface area contributed by atoms with Crippen molar-refractivity contribution in [2.75, 3.05) is 0 Å². The smallest absolute Gasteiger partial charge is 0.161 e. The molecule has 0 aliphatic rings. The third kappa shape index (κ3) is 3.52. The van der Waals surface area contributed by atoms with E-state index < -0.39 is 0 Å². The maximum absolute atomic E-state index is 12.1. The Morgan fingerprint density at radius 1 is 1.39 bits per heavy atom. The Morgan fingerprint density at radius 2 is 2.22 bits per heavy atom. The number of carbonyl (C=O) groups excluding carboxylic acids is 1. The summed E-state index contributed by atoms with van der Waals surface area (Å²) < 4.78 is 1.48. The summed E-state index contributed by atoms with van der Waals surface area (Å²) in [5.74, 6) is 0.00990. The summed E-state index contributed by atoms with van der Waals surface area (Å²) in [6.07, 6.45) is 3.28. The predicted octanol–water partition coefficient (Wildman–Crippen LogP) is 2.76. The third-order valence-electron chi connectivity index (χ3n) is 3.14. The lowest BCUT2D eigenvalue weighted by Crippen LogP contribution is -2.12. The van der Waals surface area contributed by atoms with Crippen molar-refractivity contribution in [3.05, 3.63) is 39.0 Å². The van der Waals surface area contributed by atoms with Gasteiger partial charge in [0.25, 0.3) is 0 Å². The molecule has 0 unspecified atom stereocenters. The Balaban J connectivity index is 1.68. The van der Waals surface area contributed by atoms with Gasteiger partial charge in [-0.15, -0.1) is 22.7 Å². The Morgan fingerprint density at radius 3 is 2.87 bits per heavy atom. The van der Waals surface area contributed by atoms with Gasteiger partial charge in [0.05, 0.1) is 46.0 Å². The Kier molecular flexibility index (Phi) is 4.32. The quantitative estimate of drug-likeness (QED) is 0.711. The Bertz CT molecular complexity index is 899. The average Bonchev–Trinajstić information content (AvgIpc) is 3.19. The maximum atomic E-state index is 12.1. The summed E-state index contributed by atoms with van der Waals surface area (Å²) in [7, 11) is 0. The van der Waals surface area contributed by atoms with Gasteiger partial charge in [0.1, 0.15) is 11.1 Å². The number of rotatable bonds is 5.